The standard InChI is InChI=1S/C27H34FN5O2S/c1-19-13-24(19)26(32-17-29-30-18-32)16-31(3)23-11-10-22(25(28)14-23)15-33-20(2)9-12-27(36(33,34)35)21-7-5-4-6-8-21/h4-8,10-11,14,17-20,24,26-27H,9,12-13,15-16H2,1-3H3/t19?,20-,24?,26?,27+/m0/s1. The third kappa shape index (κ3) is 4.91. The van der Waals surface area contributed by atoms with E-state index in [0.717, 1.165) is 24.1 Å². The van der Waals surface area contributed by atoms with E-state index in [1.54, 1.807) is 18.7 Å². The molecule has 1 saturated heterocycles. The van der Waals surface area contributed by atoms with Gasteiger partial charge in [0.25, 0.3) is 0 Å². The summed E-state index contributed by atoms with van der Waals surface area (Å²) in [6.07, 6.45) is 5.97. The van der Waals surface area contributed by atoms with Gasteiger partial charge in [0.2, 0.25) is 10.0 Å². The van der Waals surface area contributed by atoms with Crippen molar-refractivity contribution in [3.05, 3.63) is 78.1 Å². The maximum atomic E-state index is 15.3. The van der Waals surface area contributed by atoms with Gasteiger partial charge in [-0.2, -0.15) is 4.31 Å². The molecule has 0 spiro atoms. The summed E-state index contributed by atoms with van der Waals surface area (Å²) in [4.78, 5) is 2.05. The van der Waals surface area contributed by atoms with Gasteiger partial charge in [0, 0.05) is 37.4 Å². The second-order valence-electron chi connectivity index (χ2n) is 10.4. The van der Waals surface area contributed by atoms with Crippen LogP contribution in [0.2, 0.25) is 0 Å². The zero-order chi connectivity index (χ0) is 25.4. The van der Waals surface area contributed by atoms with Gasteiger partial charge in [-0.15, -0.1) is 10.2 Å². The molecule has 9 heteroatoms. The molecule has 3 unspecified atom stereocenters. The Labute approximate surface area is 213 Å². The van der Waals surface area contributed by atoms with Gasteiger partial charge in [-0.25, -0.2) is 12.8 Å². The smallest absolute Gasteiger partial charge is 0.221 e. The predicted molar refractivity (Wildman–Crippen MR) is 138 cm³/mol. The molecular formula is C27H34FN5O2S. The van der Waals surface area contributed by atoms with Gasteiger partial charge < -0.3 is 9.47 Å². The van der Waals surface area contributed by atoms with Gasteiger partial charge in [0.15, 0.2) is 0 Å². The van der Waals surface area contributed by atoms with E-state index in [-0.39, 0.29) is 24.4 Å². The molecule has 192 valence electrons. The maximum absolute atomic E-state index is 15.3. The number of likely N-dealkylation sites (N-methyl/N-ethyl adjacent to an activating group) is 1. The van der Waals surface area contributed by atoms with E-state index < -0.39 is 15.3 Å². The van der Waals surface area contributed by atoms with Crippen molar-refractivity contribution in [2.75, 3.05) is 18.5 Å². The SMILES string of the molecule is CC1CC1C(CN(C)c1ccc(CN2[C@@H](C)CC[C@H](c3ccccc3)S2(=O)=O)c(F)c1)n1cnnc1. The molecule has 1 aliphatic carbocycles. The van der Waals surface area contributed by atoms with Crippen molar-refractivity contribution in [1.82, 2.24) is 19.1 Å². The first-order valence-electron chi connectivity index (χ1n) is 12.6. The first-order chi connectivity index (χ1) is 17.3. The number of hydrogen-bond acceptors (Lipinski definition) is 5. The van der Waals surface area contributed by atoms with E-state index in [1.165, 1.54) is 10.4 Å². The Morgan fingerprint density at radius 1 is 1.08 bits per heavy atom. The molecule has 36 heavy (non-hydrogen) atoms. The molecule has 1 saturated carbocycles. The predicted octanol–water partition coefficient (Wildman–Crippen LogP) is 4.81. The minimum absolute atomic E-state index is 0.0333. The van der Waals surface area contributed by atoms with Crippen molar-refractivity contribution in [1.29, 1.82) is 0 Å². The molecular weight excluding hydrogens is 477 g/mol. The van der Waals surface area contributed by atoms with Crippen LogP contribution in [-0.2, 0) is 16.6 Å². The first-order valence-corrected chi connectivity index (χ1v) is 14.1. The summed E-state index contributed by atoms with van der Waals surface area (Å²) >= 11 is 0. The lowest BCUT2D eigenvalue weighted by atomic mass is 10.0. The molecule has 1 aromatic heterocycles. The number of halogens is 1. The second kappa shape index (κ2) is 9.94. The summed E-state index contributed by atoms with van der Waals surface area (Å²) in [5.74, 6) is 0.818. The summed E-state index contributed by atoms with van der Waals surface area (Å²) in [7, 11) is -1.66. The molecule has 1 aliphatic heterocycles. The molecule has 2 fully saturated rings. The van der Waals surface area contributed by atoms with Gasteiger partial charge in [-0.3, -0.25) is 0 Å². The quantitative estimate of drug-likeness (QED) is 0.434. The lowest BCUT2D eigenvalue weighted by molar-refractivity contribution is 0.279. The Morgan fingerprint density at radius 3 is 2.42 bits per heavy atom. The van der Waals surface area contributed by atoms with E-state index >= 15 is 4.39 Å². The fraction of sp³-hybridized carbons (Fsp3) is 0.481. The van der Waals surface area contributed by atoms with Crippen molar-refractivity contribution >= 4 is 15.7 Å². The van der Waals surface area contributed by atoms with Crippen molar-refractivity contribution in [3.63, 3.8) is 0 Å². The van der Waals surface area contributed by atoms with E-state index in [9.17, 15) is 8.42 Å². The lowest BCUT2D eigenvalue weighted by Gasteiger charge is -2.37. The zero-order valence-corrected chi connectivity index (χ0v) is 21.9. The van der Waals surface area contributed by atoms with Crippen LogP contribution in [0, 0.1) is 17.7 Å². The Kier molecular flexibility index (Phi) is 6.87. The summed E-state index contributed by atoms with van der Waals surface area (Å²) in [6.45, 7) is 4.89. The van der Waals surface area contributed by atoms with Crippen LogP contribution in [0.4, 0.5) is 10.1 Å². The molecule has 0 radical (unpaired) electrons. The third-order valence-electron chi connectivity index (χ3n) is 7.95. The highest BCUT2D eigenvalue weighted by Gasteiger charge is 2.42. The van der Waals surface area contributed by atoms with E-state index in [4.69, 9.17) is 0 Å². The zero-order valence-electron chi connectivity index (χ0n) is 21.0. The fourth-order valence-corrected chi connectivity index (χ4v) is 7.71. The number of hydrogen-bond donors (Lipinski definition) is 0. The van der Waals surface area contributed by atoms with Crippen LogP contribution < -0.4 is 4.90 Å². The molecule has 5 atom stereocenters. The summed E-state index contributed by atoms with van der Waals surface area (Å²) < 4.78 is 45.9. The Hall–Kier alpha value is -2.78. The monoisotopic (exact) mass is 511 g/mol. The molecule has 0 bridgehead atoms. The number of anilines is 1. The fourth-order valence-electron chi connectivity index (χ4n) is 5.53. The average Bonchev–Trinajstić information content (AvgIpc) is 3.33. The van der Waals surface area contributed by atoms with Crippen LogP contribution in [0.5, 0.6) is 0 Å². The largest absolute Gasteiger partial charge is 0.372 e. The molecule has 3 aromatic rings. The molecule has 7 nitrogen and oxygen atoms in total. The number of sulfonamides is 1. The molecule has 2 aliphatic rings. The van der Waals surface area contributed by atoms with Crippen LogP contribution in [0.1, 0.15) is 55.5 Å². The number of aromatic nitrogens is 3. The molecule has 2 heterocycles. The van der Waals surface area contributed by atoms with Gasteiger partial charge in [-0.1, -0.05) is 43.3 Å². The number of benzene rings is 2. The summed E-state index contributed by atoms with van der Waals surface area (Å²) in [6, 6.07) is 14.5. The first kappa shape index (κ1) is 24.9. The van der Waals surface area contributed by atoms with E-state index in [0.29, 0.717) is 30.4 Å². The van der Waals surface area contributed by atoms with Crippen molar-refractivity contribution in [3.8, 4) is 0 Å². The average molecular weight is 512 g/mol. The summed E-state index contributed by atoms with van der Waals surface area (Å²) in [5, 5.41) is 7.33. The Bertz CT molecular complexity index is 1280. The maximum Gasteiger partial charge on any atom is 0.221 e. The van der Waals surface area contributed by atoms with Crippen molar-refractivity contribution < 1.29 is 12.8 Å². The number of rotatable bonds is 8. The lowest BCUT2D eigenvalue weighted by Crippen LogP contribution is -2.44. The van der Waals surface area contributed by atoms with Gasteiger partial charge in [0.05, 0.1) is 6.04 Å². The third-order valence-corrected chi connectivity index (χ3v) is 10.3. The topological polar surface area (TPSA) is 71.3 Å². The van der Waals surface area contributed by atoms with Crippen molar-refractivity contribution in [2.45, 2.75) is 57.0 Å². The summed E-state index contributed by atoms with van der Waals surface area (Å²) in [5.41, 5.74) is 1.95. The molecule has 2 aromatic carbocycles. The van der Waals surface area contributed by atoms with Crippen LogP contribution in [0.15, 0.2) is 61.2 Å². The second-order valence-corrected chi connectivity index (χ2v) is 12.5. The molecule has 0 N–H and O–H groups in total. The highest BCUT2D eigenvalue weighted by molar-refractivity contribution is 7.89. The minimum atomic E-state index is -3.62. The number of nitrogens with zero attached hydrogens (tertiary/aromatic N) is 5. The van der Waals surface area contributed by atoms with E-state index in [1.807, 2.05) is 59.8 Å². The van der Waals surface area contributed by atoms with Crippen molar-refractivity contribution in [2.24, 2.45) is 11.8 Å². The Balaban J connectivity index is 1.33. The Morgan fingerprint density at radius 2 is 1.78 bits per heavy atom. The van der Waals surface area contributed by atoms with Gasteiger partial charge >= 0.3 is 0 Å². The normalized spacial score (nSPS) is 26.4. The van der Waals surface area contributed by atoms with Gasteiger partial charge in [-0.05, 0) is 55.7 Å². The van der Waals surface area contributed by atoms with Crippen LogP contribution in [-0.4, -0.2) is 47.1 Å². The molecule has 5 rings (SSSR count). The molecule has 0 amide bonds. The highest BCUT2D eigenvalue weighted by atomic mass is 32.2. The van der Waals surface area contributed by atoms with Gasteiger partial charge in [0.1, 0.15) is 23.7 Å². The van der Waals surface area contributed by atoms with Crippen LogP contribution in [0.25, 0.3) is 0 Å². The van der Waals surface area contributed by atoms with Crippen LogP contribution in [0.3, 0.4) is 0 Å². The van der Waals surface area contributed by atoms with E-state index in [2.05, 4.69) is 17.1 Å². The minimum Gasteiger partial charge on any atom is -0.372 e. The highest BCUT2D eigenvalue weighted by Crippen LogP contribution is 2.46. The van der Waals surface area contributed by atoms with Crippen LogP contribution >= 0.6 is 0 Å².